The molecule has 0 aliphatic carbocycles. The Labute approximate surface area is 174 Å². The molecule has 146 valence electrons. The lowest BCUT2D eigenvalue weighted by Gasteiger charge is -2.13. The van der Waals surface area contributed by atoms with Gasteiger partial charge in [-0.25, -0.2) is 4.79 Å². The van der Waals surface area contributed by atoms with Gasteiger partial charge in [0.25, 0.3) is 0 Å². The minimum absolute atomic E-state index is 0.365. The lowest BCUT2D eigenvalue weighted by Crippen LogP contribution is -2.02. The molecule has 0 saturated carbocycles. The van der Waals surface area contributed by atoms with Gasteiger partial charge in [-0.05, 0) is 46.5 Å². The van der Waals surface area contributed by atoms with E-state index < -0.39 is 0 Å². The molecule has 1 heterocycles. The van der Waals surface area contributed by atoms with Crippen molar-refractivity contribution in [1.29, 1.82) is 0 Å². The van der Waals surface area contributed by atoms with Crippen LogP contribution in [0.25, 0.3) is 32.9 Å². The van der Waals surface area contributed by atoms with Gasteiger partial charge in [-0.3, -0.25) is 0 Å². The highest BCUT2D eigenvalue weighted by atomic mass is 16.5. The third-order valence-electron chi connectivity index (χ3n) is 5.46. The average Bonchev–Trinajstić information content (AvgIpc) is 2.79. The van der Waals surface area contributed by atoms with Crippen molar-refractivity contribution in [1.82, 2.24) is 0 Å². The minimum atomic E-state index is -0.365. The maximum atomic E-state index is 12.3. The van der Waals surface area contributed by atoms with Gasteiger partial charge in [-0.2, -0.15) is 0 Å². The van der Waals surface area contributed by atoms with E-state index in [1.165, 1.54) is 10.8 Å². The fraction of sp³-hybridized carbons (Fsp3) is 0.0741. The molecule has 4 aromatic carbocycles. The smallest absolute Gasteiger partial charge is 0.336 e. The summed E-state index contributed by atoms with van der Waals surface area (Å²) in [5.41, 5.74) is 3.99. The molecule has 5 aromatic rings. The molecule has 0 fully saturated rings. The third-order valence-corrected chi connectivity index (χ3v) is 5.46. The summed E-state index contributed by atoms with van der Waals surface area (Å²) >= 11 is 0. The maximum absolute atomic E-state index is 12.3. The molecule has 30 heavy (non-hydrogen) atoms. The van der Waals surface area contributed by atoms with E-state index >= 15 is 0 Å². The van der Waals surface area contributed by atoms with E-state index in [0.29, 0.717) is 17.9 Å². The Kier molecular flexibility index (Phi) is 4.56. The molecular formula is C27H20O3. The Morgan fingerprint density at radius 3 is 2.43 bits per heavy atom. The highest BCUT2D eigenvalue weighted by Gasteiger charge is 2.13. The summed E-state index contributed by atoms with van der Waals surface area (Å²) in [5, 5.41) is 3.26. The second-order valence-corrected chi connectivity index (χ2v) is 7.34. The van der Waals surface area contributed by atoms with Crippen LogP contribution in [0.5, 0.6) is 5.75 Å². The van der Waals surface area contributed by atoms with Crippen LogP contribution in [0.3, 0.4) is 0 Å². The largest absolute Gasteiger partial charge is 0.488 e. The van der Waals surface area contributed by atoms with Crippen LogP contribution >= 0.6 is 0 Å². The number of rotatable bonds is 4. The van der Waals surface area contributed by atoms with Crippen molar-refractivity contribution in [3.8, 4) is 16.9 Å². The van der Waals surface area contributed by atoms with E-state index in [1.54, 1.807) is 6.07 Å². The van der Waals surface area contributed by atoms with E-state index in [9.17, 15) is 4.79 Å². The van der Waals surface area contributed by atoms with Crippen molar-refractivity contribution in [3.05, 3.63) is 113 Å². The van der Waals surface area contributed by atoms with Gasteiger partial charge in [0.2, 0.25) is 0 Å². The molecule has 0 aliphatic rings. The zero-order valence-corrected chi connectivity index (χ0v) is 16.6. The van der Waals surface area contributed by atoms with Gasteiger partial charge in [0, 0.05) is 17.0 Å². The third kappa shape index (κ3) is 3.25. The summed E-state index contributed by atoms with van der Waals surface area (Å²) in [6, 6.07) is 29.8. The molecule has 0 unspecified atom stereocenters. The number of hydrogen-bond acceptors (Lipinski definition) is 3. The molecule has 0 aliphatic heterocycles. The number of aryl methyl sites for hydroxylation is 1. The second kappa shape index (κ2) is 7.53. The van der Waals surface area contributed by atoms with Crippen LogP contribution in [-0.2, 0) is 6.61 Å². The summed E-state index contributed by atoms with van der Waals surface area (Å²) in [5.74, 6) is 0.712. The van der Waals surface area contributed by atoms with Crippen LogP contribution in [0, 0.1) is 6.92 Å². The molecular weight excluding hydrogens is 372 g/mol. The molecule has 1 aromatic heterocycles. The molecule has 0 amide bonds. The van der Waals surface area contributed by atoms with Gasteiger partial charge >= 0.3 is 5.63 Å². The summed E-state index contributed by atoms with van der Waals surface area (Å²) < 4.78 is 11.7. The van der Waals surface area contributed by atoms with Crippen molar-refractivity contribution in [3.63, 3.8) is 0 Å². The predicted molar refractivity (Wildman–Crippen MR) is 121 cm³/mol. The van der Waals surface area contributed by atoms with E-state index in [-0.39, 0.29) is 5.63 Å². The SMILES string of the molecule is Cc1c(OCc2cccc3ccccc23)ccc2c(-c3ccccc3)cc(=O)oc12. The quantitative estimate of drug-likeness (QED) is 0.328. The first-order chi connectivity index (χ1) is 14.7. The van der Waals surface area contributed by atoms with E-state index in [4.69, 9.17) is 9.15 Å². The highest BCUT2D eigenvalue weighted by molar-refractivity contribution is 5.95. The lowest BCUT2D eigenvalue weighted by atomic mass is 10.00. The molecule has 0 radical (unpaired) electrons. The molecule has 0 bridgehead atoms. The van der Waals surface area contributed by atoms with E-state index in [2.05, 4.69) is 24.3 Å². The molecule has 3 nitrogen and oxygen atoms in total. The van der Waals surface area contributed by atoms with Crippen LogP contribution in [-0.4, -0.2) is 0 Å². The topological polar surface area (TPSA) is 39.4 Å². The monoisotopic (exact) mass is 392 g/mol. The van der Waals surface area contributed by atoms with Crippen LogP contribution in [0.4, 0.5) is 0 Å². The summed E-state index contributed by atoms with van der Waals surface area (Å²) in [6.45, 7) is 2.37. The van der Waals surface area contributed by atoms with Gasteiger partial charge in [0.15, 0.2) is 0 Å². The highest BCUT2D eigenvalue weighted by Crippen LogP contribution is 2.33. The zero-order chi connectivity index (χ0) is 20.5. The molecule has 0 spiro atoms. The van der Waals surface area contributed by atoms with E-state index in [1.807, 2.05) is 67.6 Å². The van der Waals surface area contributed by atoms with Crippen molar-refractivity contribution < 1.29 is 9.15 Å². The van der Waals surface area contributed by atoms with Crippen molar-refractivity contribution in [2.24, 2.45) is 0 Å². The normalized spacial score (nSPS) is 11.1. The standard InChI is InChI=1S/C27H20O3/c1-18-25(29-17-21-12-7-11-19-10-5-6-13-22(19)21)15-14-23-24(16-26(28)30-27(18)23)20-8-3-2-4-9-20/h2-16H,17H2,1H3. The molecule has 3 heteroatoms. The van der Waals surface area contributed by atoms with Crippen LogP contribution in [0.1, 0.15) is 11.1 Å². The van der Waals surface area contributed by atoms with Gasteiger partial charge in [0.05, 0.1) is 0 Å². The number of ether oxygens (including phenoxy) is 1. The number of benzene rings is 4. The zero-order valence-electron chi connectivity index (χ0n) is 16.6. The number of hydrogen-bond donors (Lipinski definition) is 0. The Bertz CT molecular complexity index is 1410. The summed E-state index contributed by atoms with van der Waals surface area (Å²) in [6.07, 6.45) is 0. The Balaban J connectivity index is 1.55. The molecule has 0 saturated heterocycles. The lowest BCUT2D eigenvalue weighted by molar-refractivity contribution is 0.305. The van der Waals surface area contributed by atoms with Crippen molar-refractivity contribution in [2.75, 3.05) is 0 Å². The fourth-order valence-electron chi connectivity index (χ4n) is 3.93. The van der Waals surface area contributed by atoms with Crippen LogP contribution < -0.4 is 10.4 Å². The van der Waals surface area contributed by atoms with Crippen LogP contribution in [0.15, 0.2) is 100 Å². The first-order valence-corrected chi connectivity index (χ1v) is 9.93. The maximum Gasteiger partial charge on any atom is 0.336 e. The first kappa shape index (κ1) is 18.2. The van der Waals surface area contributed by atoms with Gasteiger partial charge in [-0.15, -0.1) is 0 Å². The van der Waals surface area contributed by atoms with Crippen molar-refractivity contribution >= 4 is 21.7 Å². The van der Waals surface area contributed by atoms with E-state index in [0.717, 1.165) is 27.6 Å². The molecule has 5 rings (SSSR count). The van der Waals surface area contributed by atoms with Crippen molar-refractivity contribution in [2.45, 2.75) is 13.5 Å². The Morgan fingerprint density at radius 1 is 0.800 bits per heavy atom. The second-order valence-electron chi connectivity index (χ2n) is 7.34. The van der Waals surface area contributed by atoms with Crippen LogP contribution in [0.2, 0.25) is 0 Å². The summed E-state index contributed by atoms with van der Waals surface area (Å²) in [7, 11) is 0. The number of fused-ring (bicyclic) bond motifs is 2. The van der Waals surface area contributed by atoms with Gasteiger partial charge < -0.3 is 9.15 Å². The molecule has 0 N–H and O–H groups in total. The Hall–Kier alpha value is -3.85. The average molecular weight is 392 g/mol. The minimum Gasteiger partial charge on any atom is -0.488 e. The fourth-order valence-corrected chi connectivity index (χ4v) is 3.93. The first-order valence-electron chi connectivity index (χ1n) is 9.93. The predicted octanol–water partition coefficient (Wildman–Crippen LogP) is 6.50. The van der Waals surface area contributed by atoms with Gasteiger partial charge in [0.1, 0.15) is 17.9 Å². The summed E-state index contributed by atoms with van der Waals surface area (Å²) in [4.78, 5) is 12.3. The van der Waals surface area contributed by atoms with Gasteiger partial charge in [-0.1, -0.05) is 72.8 Å². The molecule has 0 atom stereocenters. The Morgan fingerprint density at radius 2 is 1.57 bits per heavy atom.